The van der Waals surface area contributed by atoms with Crippen molar-refractivity contribution in [1.82, 2.24) is 0 Å². The van der Waals surface area contributed by atoms with Crippen molar-refractivity contribution in [2.75, 3.05) is 6.61 Å². The Balaban J connectivity index is 2.14. The zero-order chi connectivity index (χ0) is 12.5. The predicted molar refractivity (Wildman–Crippen MR) is 66.7 cm³/mol. The molecule has 0 bridgehead atoms. The van der Waals surface area contributed by atoms with E-state index in [1.807, 2.05) is 0 Å². The van der Waals surface area contributed by atoms with Gasteiger partial charge >= 0.3 is 0 Å². The molecule has 0 aromatic rings. The second kappa shape index (κ2) is 4.99. The second-order valence-corrected chi connectivity index (χ2v) is 5.86. The summed E-state index contributed by atoms with van der Waals surface area (Å²) in [4.78, 5) is 0. The molecule has 3 heteroatoms. The van der Waals surface area contributed by atoms with Gasteiger partial charge in [0.15, 0.2) is 5.79 Å². The average molecular weight is 240 g/mol. The number of aliphatic hydroxyl groups excluding tert-OH is 1. The molecule has 0 amide bonds. The molecule has 2 fully saturated rings. The third-order valence-electron chi connectivity index (χ3n) is 4.12. The van der Waals surface area contributed by atoms with Gasteiger partial charge in [-0.1, -0.05) is 27.2 Å². The molecule has 0 radical (unpaired) electrons. The van der Waals surface area contributed by atoms with E-state index in [1.165, 1.54) is 12.8 Å². The van der Waals surface area contributed by atoms with Gasteiger partial charge in [0.05, 0.1) is 12.9 Å². The van der Waals surface area contributed by atoms with Crippen molar-refractivity contribution in [3.05, 3.63) is 12.3 Å². The molecule has 0 aromatic heterocycles. The van der Waals surface area contributed by atoms with Crippen LogP contribution >= 0.6 is 0 Å². The Morgan fingerprint density at radius 3 is 2.76 bits per heavy atom. The first-order chi connectivity index (χ1) is 8.07. The summed E-state index contributed by atoms with van der Waals surface area (Å²) in [6.07, 6.45) is 6.05. The third kappa shape index (κ3) is 2.50. The van der Waals surface area contributed by atoms with Gasteiger partial charge in [-0.05, 0) is 24.3 Å². The van der Waals surface area contributed by atoms with Crippen LogP contribution in [-0.4, -0.2) is 23.6 Å². The summed E-state index contributed by atoms with van der Waals surface area (Å²) in [7, 11) is 0. The standard InChI is InChI=1S/C14H24O3/c1-10(2)13-5-4-11(3)8-14(13)16-9-12(17-14)6-7-15/h6-7,10-13,15H,4-5,8-9H2,1-3H3/b7-6+/t11-,12?,13+,14+/m1/s1. The summed E-state index contributed by atoms with van der Waals surface area (Å²) in [5.74, 6) is 1.28. The van der Waals surface area contributed by atoms with Crippen LogP contribution in [0.1, 0.15) is 40.0 Å². The van der Waals surface area contributed by atoms with E-state index in [-0.39, 0.29) is 6.10 Å². The normalized spacial score (nSPS) is 42.9. The maximum atomic E-state index is 8.82. The van der Waals surface area contributed by atoms with Gasteiger partial charge in [0.25, 0.3) is 0 Å². The maximum absolute atomic E-state index is 8.82. The minimum absolute atomic E-state index is 0.0912. The SMILES string of the molecule is CC(C)[C@@H]1CC[C@@H](C)C[C@@]12OCC(/C=C/O)O2. The fraction of sp³-hybridized carbons (Fsp3) is 0.857. The van der Waals surface area contributed by atoms with Crippen LogP contribution in [0.4, 0.5) is 0 Å². The van der Waals surface area contributed by atoms with Crippen molar-refractivity contribution >= 4 is 0 Å². The first kappa shape index (κ1) is 12.9. The minimum atomic E-state index is -0.407. The second-order valence-electron chi connectivity index (χ2n) is 5.86. The summed E-state index contributed by atoms with van der Waals surface area (Å²) in [6.45, 7) is 7.31. The Morgan fingerprint density at radius 1 is 1.35 bits per heavy atom. The van der Waals surface area contributed by atoms with E-state index in [0.29, 0.717) is 24.4 Å². The molecular weight excluding hydrogens is 216 g/mol. The number of hydrogen-bond acceptors (Lipinski definition) is 3. The molecule has 98 valence electrons. The lowest BCUT2D eigenvalue weighted by molar-refractivity contribution is -0.235. The smallest absolute Gasteiger partial charge is 0.172 e. The van der Waals surface area contributed by atoms with E-state index in [2.05, 4.69) is 20.8 Å². The highest BCUT2D eigenvalue weighted by atomic mass is 16.7. The Hall–Kier alpha value is -0.540. The number of aliphatic hydroxyl groups is 1. The molecule has 2 aliphatic rings. The lowest BCUT2D eigenvalue weighted by Crippen LogP contribution is -2.46. The van der Waals surface area contributed by atoms with Crippen LogP contribution in [0.2, 0.25) is 0 Å². The number of ether oxygens (including phenoxy) is 2. The molecule has 1 spiro atoms. The molecule has 3 nitrogen and oxygen atoms in total. The monoisotopic (exact) mass is 240 g/mol. The highest BCUT2D eigenvalue weighted by molar-refractivity contribution is 4.96. The minimum Gasteiger partial charge on any atom is -0.516 e. The van der Waals surface area contributed by atoms with Crippen LogP contribution in [0.15, 0.2) is 12.3 Å². The molecule has 1 aliphatic carbocycles. The molecule has 1 heterocycles. The fourth-order valence-electron chi connectivity index (χ4n) is 3.30. The van der Waals surface area contributed by atoms with E-state index in [1.54, 1.807) is 6.08 Å². The van der Waals surface area contributed by atoms with Crippen molar-refractivity contribution in [3.8, 4) is 0 Å². The Bertz CT molecular complexity index is 287. The van der Waals surface area contributed by atoms with Crippen LogP contribution < -0.4 is 0 Å². The summed E-state index contributed by atoms with van der Waals surface area (Å²) in [5.41, 5.74) is 0. The predicted octanol–water partition coefficient (Wildman–Crippen LogP) is 3.26. The van der Waals surface area contributed by atoms with Gasteiger partial charge in [-0.25, -0.2) is 0 Å². The summed E-state index contributed by atoms with van der Waals surface area (Å²) in [5, 5.41) is 8.82. The zero-order valence-electron chi connectivity index (χ0n) is 11.1. The van der Waals surface area contributed by atoms with E-state index < -0.39 is 5.79 Å². The van der Waals surface area contributed by atoms with E-state index >= 15 is 0 Å². The Labute approximate surface area is 104 Å². The van der Waals surface area contributed by atoms with Gasteiger partial charge in [-0.2, -0.15) is 0 Å². The fourth-order valence-corrected chi connectivity index (χ4v) is 3.30. The Morgan fingerprint density at radius 2 is 2.12 bits per heavy atom. The van der Waals surface area contributed by atoms with Crippen LogP contribution in [0, 0.1) is 17.8 Å². The van der Waals surface area contributed by atoms with E-state index in [4.69, 9.17) is 14.6 Å². The van der Waals surface area contributed by atoms with Gasteiger partial charge in [0.1, 0.15) is 6.10 Å². The van der Waals surface area contributed by atoms with Crippen molar-refractivity contribution in [2.24, 2.45) is 17.8 Å². The first-order valence-electron chi connectivity index (χ1n) is 6.70. The largest absolute Gasteiger partial charge is 0.516 e. The van der Waals surface area contributed by atoms with Gasteiger partial charge in [-0.15, -0.1) is 0 Å². The topological polar surface area (TPSA) is 38.7 Å². The van der Waals surface area contributed by atoms with Crippen LogP contribution in [0.3, 0.4) is 0 Å². The molecule has 0 aromatic carbocycles. The first-order valence-corrected chi connectivity index (χ1v) is 6.70. The van der Waals surface area contributed by atoms with Gasteiger partial charge in [0.2, 0.25) is 0 Å². The highest BCUT2D eigenvalue weighted by Gasteiger charge is 2.51. The molecule has 1 saturated carbocycles. The van der Waals surface area contributed by atoms with E-state index in [9.17, 15) is 0 Å². The van der Waals surface area contributed by atoms with Gasteiger partial charge < -0.3 is 14.6 Å². The van der Waals surface area contributed by atoms with Crippen LogP contribution in [0.5, 0.6) is 0 Å². The highest BCUT2D eigenvalue weighted by Crippen LogP contribution is 2.47. The quantitative estimate of drug-likeness (QED) is 0.753. The van der Waals surface area contributed by atoms with Crippen molar-refractivity contribution in [2.45, 2.75) is 51.9 Å². The van der Waals surface area contributed by atoms with Crippen molar-refractivity contribution < 1.29 is 14.6 Å². The van der Waals surface area contributed by atoms with Crippen molar-refractivity contribution in [1.29, 1.82) is 0 Å². The molecule has 1 unspecified atom stereocenters. The zero-order valence-corrected chi connectivity index (χ0v) is 11.1. The molecule has 1 saturated heterocycles. The summed E-state index contributed by atoms with van der Waals surface area (Å²) in [6, 6.07) is 0. The average Bonchev–Trinajstić information content (AvgIpc) is 2.61. The maximum Gasteiger partial charge on any atom is 0.172 e. The van der Waals surface area contributed by atoms with Crippen LogP contribution in [0.25, 0.3) is 0 Å². The van der Waals surface area contributed by atoms with Gasteiger partial charge in [-0.3, -0.25) is 0 Å². The summed E-state index contributed by atoms with van der Waals surface area (Å²) >= 11 is 0. The number of rotatable bonds is 2. The lowest BCUT2D eigenvalue weighted by Gasteiger charge is -2.44. The molecular formula is C14H24O3. The van der Waals surface area contributed by atoms with Crippen molar-refractivity contribution in [3.63, 3.8) is 0 Å². The molecule has 17 heavy (non-hydrogen) atoms. The molecule has 1 N–H and O–H groups in total. The number of hydrogen-bond donors (Lipinski definition) is 1. The van der Waals surface area contributed by atoms with E-state index in [0.717, 1.165) is 12.7 Å². The molecule has 4 atom stereocenters. The summed E-state index contributed by atoms with van der Waals surface area (Å²) < 4.78 is 12.1. The van der Waals surface area contributed by atoms with Crippen LogP contribution in [-0.2, 0) is 9.47 Å². The lowest BCUT2D eigenvalue weighted by atomic mass is 9.73. The molecule has 2 rings (SSSR count). The Kier molecular flexibility index (Phi) is 3.79. The molecule has 1 aliphatic heterocycles. The van der Waals surface area contributed by atoms with Gasteiger partial charge in [0, 0.05) is 12.3 Å². The third-order valence-corrected chi connectivity index (χ3v) is 4.12.